The molecule has 0 fully saturated rings. The quantitative estimate of drug-likeness (QED) is 0.603. The Hall–Kier alpha value is -1.36. The Morgan fingerprint density at radius 1 is 1.22 bits per heavy atom. The van der Waals surface area contributed by atoms with Gasteiger partial charge in [-0.25, -0.2) is 0 Å². The maximum Gasteiger partial charge on any atom is 0.177 e. The number of hydrogen-bond acceptors (Lipinski definition) is 4. The Morgan fingerprint density at radius 3 is 2.39 bits per heavy atom. The number of benzene rings is 1. The lowest BCUT2D eigenvalue weighted by molar-refractivity contribution is 0.292. The molecule has 0 aliphatic rings. The van der Waals surface area contributed by atoms with Gasteiger partial charge in [-0.05, 0) is 64.3 Å². The summed E-state index contributed by atoms with van der Waals surface area (Å²) in [6.45, 7) is 8.38. The lowest BCUT2D eigenvalue weighted by atomic mass is 10.2. The second kappa shape index (κ2) is 9.71. The fourth-order valence-electron chi connectivity index (χ4n) is 2.19. The summed E-state index contributed by atoms with van der Waals surface area (Å²) in [5.41, 5.74) is 0.869. The first-order valence-corrected chi connectivity index (χ1v) is 9.16. The Kier molecular flexibility index (Phi) is 8.31. The second-order valence-corrected chi connectivity index (χ2v) is 7.23. The zero-order valence-corrected chi connectivity index (χ0v) is 16.2. The first-order chi connectivity index (χ1) is 10.9. The van der Waals surface area contributed by atoms with Crippen LogP contribution >= 0.6 is 36.2 Å². The van der Waals surface area contributed by atoms with Crippen molar-refractivity contribution in [3.05, 3.63) is 24.3 Å². The van der Waals surface area contributed by atoms with Crippen molar-refractivity contribution in [3.8, 4) is 6.07 Å². The Bertz CT molecular complexity index is 585. The van der Waals surface area contributed by atoms with E-state index in [1.807, 2.05) is 24.3 Å². The van der Waals surface area contributed by atoms with Gasteiger partial charge in [-0.15, -0.1) is 11.8 Å². The molecule has 0 unspecified atom stereocenters. The first kappa shape index (κ1) is 19.7. The van der Waals surface area contributed by atoms with E-state index in [0.717, 1.165) is 10.6 Å². The van der Waals surface area contributed by atoms with Gasteiger partial charge in [-0.2, -0.15) is 5.26 Å². The molecule has 1 aromatic carbocycles. The minimum Gasteiger partial charge on any atom is -0.344 e. The average Bonchev–Trinajstić information content (AvgIpc) is 2.45. The molecule has 0 amide bonds. The van der Waals surface area contributed by atoms with Crippen LogP contribution < -0.4 is 10.6 Å². The summed E-state index contributed by atoms with van der Waals surface area (Å²) in [5.74, 6) is 0.395. The minimum absolute atomic E-state index is 0.288. The summed E-state index contributed by atoms with van der Waals surface area (Å²) in [4.78, 5) is 3.08. The molecule has 1 aromatic rings. The third-order valence-electron chi connectivity index (χ3n) is 3.00. The van der Waals surface area contributed by atoms with Crippen LogP contribution in [0, 0.1) is 11.3 Å². The zero-order valence-electron chi connectivity index (χ0n) is 13.8. The van der Waals surface area contributed by atoms with Gasteiger partial charge in [0.25, 0.3) is 0 Å². The van der Waals surface area contributed by atoms with Crippen LogP contribution in [0.2, 0.25) is 0 Å². The summed E-state index contributed by atoms with van der Waals surface area (Å²) in [6, 6.07) is 10.5. The van der Waals surface area contributed by atoms with Gasteiger partial charge >= 0.3 is 0 Å². The molecule has 0 spiro atoms. The van der Waals surface area contributed by atoms with E-state index >= 15 is 0 Å². The molecule has 0 aromatic heterocycles. The molecule has 0 aliphatic heterocycles. The molecule has 1 rings (SSSR count). The van der Waals surface area contributed by atoms with Crippen molar-refractivity contribution in [2.45, 2.75) is 44.7 Å². The molecule has 0 saturated heterocycles. The molecule has 2 N–H and O–H groups in total. The summed E-state index contributed by atoms with van der Waals surface area (Å²) in [6.07, 6.45) is 0. The van der Waals surface area contributed by atoms with E-state index in [9.17, 15) is 0 Å². The van der Waals surface area contributed by atoms with Crippen molar-refractivity contribution in [2.24, 2.45) is 0 Å². The van der Waals surface area contributed by atoms with E-state index in [2.05, 4.69) is 49.3 Å². The predicted octanol–water partition coefficient (Wildman–Crippen LogP) is 3.99. The van der Waals surface area contributed by atoms with Crippen LogP contribution in [0.4, 0.5) is 5.69 Å². The predicted molar refractivity (Wildman–Crippen MR) is 107 cm³/mol. The van der Waals surface area contributed by atoms with Crippen molar-refractivity contribution in [1.82, 2.24) is 10.2 Å². The highest BCUT2D eigenvalue weighted by Crippen LogP contribution is 2.26. The summed E-state index contributed by atoms with van der Waals surface area (Å²) >= 11 is 12.3. The van der Waals surface area contributed by atoms with E-state index in [1.165, 1.54) is 11.8 Å². The lowest BCUT2D eigenvalue weighted by Gasteiger charge is -2.33. The van der Waals surface area contributed by atoms with E-state index in [4.69, 9.17) is 29.7 Å². The van der Waals surface area contributed by atoms with Crippen molar-refractivity contribution in [2.75, 3.05) is 11.1 Å². The smallest absolute Gasteiger partial charge is 0.177 e. The van der Waals surface area contributed by atoms with Gasteiger partial charge < -0.3 is 15.5 Å². The monoisotopic (exact) mass is 366 g/mol. The number of thioether (sulfide) groups is 1. The number of nitriles is 1. The van der Waals surface area contributed by atoms with Crippen LogP contribution in [0.15, 0.2) is 29.2 Å². The van der Waals surface area contributed by atoms with Crippen molar-refractivity contribution < 1.29 is 0 Å². The van der Waals surface area contributed by atoms with Crippen molar-refractivity contribution >= 4 is 52.1 Å². The molecule has 0 heterocycles. The minimum atomic E-state index is 0.288. The Balaban J connectivity index is 2.74. The number of rotatable bonds is 5. The molecule has 0 saturated carbocycles. The Morgan fingerprint density at radius 2 is 1.83 bits per heavy atom. The normalized spacial score (nSPS) is 10.3. The molecule has 4 nitrogen and oxygen atoms in total. The SMILES string of the molecule is CC(C)N(C(=S)NC(=S)Nc1ccccc1SCC#N)C(C)C. The van der Waals surface area contributed by atoms with E-state index in [-0.39, 0.29) is 12.1 Å². The van der Waals surface area contributed by atoms with Gasteiger partial charge in [0.15, 0.2) is 10.2 Å². The number of thiocarbonyl (C=S) groups is 2. The third-order valence-corrected chi connectivity index (χ3v) is 4.45. The molecule has 7 heteroatoms. The molecule has 0 bridgehead atoms. The number of anilines is 1. The number of nitrogens with one attached hydrogen (secondary N) is 2. The van der Waals surface area contributed by atoms with Gasteiger partial charge in [0.1, 0.15) is 0 Å². The van der Waals surface area contributed by atoms with Gasteiger partial charge in [0.05, 0.1) is 17.5 Å². The lowest BCUT2D eigenvalue weighted by Crippen LogP contribution is -2.50. The van der Waals surface area contributed by atoms with Gasteiger partial charge in [0, 0.05) is 17.0 Å². The van der Waals surface area contributed by atoms with Gasteiger partial charge in [-0.1, -0.05) is 12.1 Å². The number of nitrogens with zero attached hydrogens (tertiary/aromatic N) is 2. The second-order valence-electron chi connectivity index (χ2n) is 5.42. The number of para-hydroxylation sites is 1. The first-order valence-electron chi connectivity index (χ1n) is 7.35. The fourth-order valence-corrected chi connectivity index (χ4v) is 3.65. The van der Waals surface area contributed by atoms with Crippen LogP contribution in [0.1, 0.15) is 27.7 Å². The molecule has 124 valence electrons. The topological polar surface area (TPSA) is 51.1 Å². The number of hydrogen-bond donors (Lipinski definition) is 2. The van der Waals surface area contributed by atoms with Crippen LogP contribution in [0.3, 0.4) is 0 Å². The fraction of sp³-hybridized carbons (Fsp3) is 0.438. The van der Waals surface area contributed by atoms with Gasteiger partial charge in [0.2, 0.25) is 0 Å². The van der Waals surface area contributed by atoms with E-state index < -0.39 is 0 Å². The van der Waals surface area contributed by atoms with Crippen LogP contribution in [-0.4, -0.2) is 33.0 Å². The van der Waals surface area contributed by atoms with Gasteiger partial charge in [-0.3, -0.25) is 0 Å². The van der Waals surface area contributed by atoms with Crippen molar-refractivity contribution in [3.63, 3.8) is 0 Å². The highest BCUT2D eigenvalue weighted by atomic mass is 32.2. The zero-order chi connectivity index (χ0) is 17.4. The summed E-state index contributed by atoms with van der Waals surface area (Å²) in [5, 5.41) is 16.0. The maximum absolute atomic E-state index is 8.73. The summed E-state index contributed by atoms with van der Waals surface area (Å²) < 4.78 is 0. The maximum atomic E-state index is 8.73. The summed E-state index contributed by atoms with van der Waals surface area (Å²) in [7, 11) is 0. The molecule has 0 aliphatic carbocycles. The molecular weight excluding hydrogens is 344 g/mol. The molecule has 0 radical (unpaired) electrons. The molecule has 23 heavy (non-hydrogen) atoms. The highest BCUT2D eigenvalue weighted by Gasteiger charge is 2.17. The molecule has 0 atom stereocenters. The molecular formula is C16H22N4S3. The Labute approximate surface area is 153 Å². The van der Waals surface area contributed by atoms with Crippen molar-refractivity contribution in [1.29, 1.82) is 5.26 Å². The standard InChI is InChI=1S/C16H22N4S3/c1-11(2)20(12(3)4)16(22)19-15(21)18-13-7-5-6-8-14(13)23-10-9-17/h5-8,11-12H,10H2,1-4H3,(H2,18,19,21,22). The van der Waals surface area contributed by atoms with Crippen LogP contribution in [0.5, 0.6) is 0 Å². The highest BCUT2D eigenvalue weighted by molar-refractivity contribution is 7.99. The largest absolute Gasteiger partial charge is 0.344 e. The average molecular weight is 367 g/mol. The van der Waals surface area contributed by atoms with Crippen LogP contribution in [0.25, 0.3) is 0 Å². The van der Waals surface area contributed by atoms with Crippen LogP contribution in [-0.2, 0) is 0 Å². The van der Waals surface area contributed by atoms with E-state index in [0.29, 0.717) is 16.0 Å². The third kappa shape index (κ3) is 6.34. The van der Waals surface area contributed by atoms with E-state index in [1.54, 1.807) is 0 Å².